The van der Waals surface area contributed by atoms with Crippen LogP contribution in [0.1, 0.15) is 64.8 Å². The van der Waals surface area contributed by atoms with E-state index in [2.05, 4.69) is 0 Å². The average molecular weight is 421 g/mol. The lowest BCUT2D eigenvalue weighted by molar-refractivity contribution is -0.00621. The van der Waals surface area contributed by atoms with Gasteiger partial charge in [-0.25, -0.2) is 9.59 Å². The lowest BCUT2D eigenvalue weighted by Crippen LogP contribution is -2.48. The predicted molar refractivity (Wildman–Crippen MR) is 116 cm³/mol. The van der Waals surface area contributed by atoms with E-state index in [1.54, 1.807) is 37.4 Å². The molecule has 4 fully saturated rings. The first-order chi connectivity index (χ1) is 15.0. The molecule has 0 radical (unpaired) electrons. The molecule has 2 aromatic carbocycles. The average Bonchev–Trinajstić information content (AvgIpc) is 2.77. The van der Waals surface area contributed by atoms with Crippen molar-refractivity contribution in [2.24, 2.45) is 17.8 Å². The van der Waals surface area contributed by atoms with Crippen molar-refractivity contribution in [3.8, 4) is 11.5 Å². The van der Waals surface area contributed by atoms with E-state index in [0.717, 1.165) is 48.3 Å². The molecule has 0 spiro atoms. The topological polar surface area (TPSA) is 61.8 Å². The maximum Gasteiger partial charge on any atom is 0.349 e. The Balaban J connectivity index is 1.51. The van der Waals surface area contributed by atoms with Gasteiger partial charge in [0.25, 0.3) is 0 Å². The Kier molecular flexibility index (Phi) is 4.99. The molecule has 162 valence electrons. The van der Waals surface area contributed by atoms with Gasteiger partial charge in [-0.2, -0.15) is 0 Å². The van der Waals surface area contributed by atoms with Crippen molar-refractivity contribution in [2.45, 2.75) is 43.9 Å². The van der Waals surface area contributed by atoms with Crippen molar-refractivity contribution in [3.63, 3.8) is 0 Å². The minimum atomic E-state index is -0.695. The molecular weight excluding hydrogens is 392 g/mol. The summed E-state index contributed by atoms with van der Waals surface area (Å²) >= 11 is 0. The third-order valence-corrected chi connectivity index (χ3v) is 7.55. The van der Waals surface area contributed by atoms with Crippen LogP contribution < -0.4 is 9.47 Å². The highest BCUT2D eigenvalue weighted by Gasteiger charge is 2.52. The van der Waals surface area contributed by atoms with Crippen LogP contribution in [0, 0.1) is 17.8 Å². The molecule has 4 aliphatic rings. The van der Waals surface area contributed by atoms with Gasteiger partial charge < -0.3 is 14.2 Å². The molecule has 0 amide bonds. The Morgan fingerprint density at radius 1 is 0.806 bits per heavy atom. The van der Waals surface area contributed by atoms with Crippen molar-refractivity contribution in [3.05, 3.63) is 59.2 Å². The normalized spacial score (nSPS) is 28.3. The van der Waals surface area contributed by atoms with Gasteiger partial charge >= 0.3 is 11.9 Å². The zero-order chi connectivity index (χ0) is 21.6. The largest absolute Gasteiger partial charge is 0.496 e. The van der Waals surface area contributed by atoms with Crippen LogP contribution in [0.25, 0.3) is 0 Å². The lowest BCUT2D eigenvalue weighted by Gasteiger charge is -2.57. The highest BCUT2D eigenvalue weighted by molar-refractivity contribution is 6.04. The molecule has 0 aliphatic heterocycles. The van der Waals surface area contributed by atoms with E-state index in [1.807, 2.05) is 12.1 Å². The molecule has 4 aliphatic carbocycles. The molecule has 4 saturated carbocycles. The molecule has 5 nitrogen and oxygen atoms in total. The molecule has 6 rings (SSSR count). The van der Waals surface area contributed by atoms with Crippen LogP contribution in [0.5, 0.6) is 11.5 Å². The maximum absolute atomic E-state index is 13.0. The fourth-order valence-electron chi connectivity index (χ4n) is 6.69. The summed E-state index contributed by atoms with van der Waals surface area (Å²) in [6.45, 7) is 0. The summed E-state index contributed by atoms with van der Waals surface area (Å²) in [5, 5.41) is 0. The minimum absolute atomic E-state index is 0.0326. The van der Waals surface area contributed by atoms with Crippen molar-refractivity contribution in [1.82, 2.24) is 0 Å². The van der Waals surface area contributed by atoms with E-state index in [4.69, 9.17) is 14.2 Å². The Morgan fingerprint density at radius 2 is 1.39 bits per heavy atom. The summed E-state index contributed by atoms with van der Waals surface area (Å²) in [6.07, 6.45) is 7.41. The van der Waals surface area contributed by atoms with Crippen LogP contribution in [0.15, 0.2) is 42.5 Å². The van der Waals surface area contributed by atoms with E-state index in [9.17, 15) is 9.59 Å². The van der Waals surface area contributed by atoms with Crippen LogP contribution in [-0.4, -0.2) is 26.2 Å². The number of hydrogen-bond acceptors (Lipinski definition) is 5. The molecular formula is C26H28O5. The summed E-state index contributed by atoms with van der Waals surface area (Å²) in [7, 11) is 3.17. The van der Waals surface area contributed by atoms with E-state index >= 15 is 0 Å². The first-order valence-corrected chi connectivity index (χ1v) is 11.1. The summed E-state index contributed by atoms with van der Waals surface area (Å²) in [5.41, 5.74) is 1.71. The molecule has 0 atom stereocenters. The van der Waals surface area contributed by atoms with Gasteiger partial charge in [-0.15, -0.1) is 0 Å². The van der Waals surface area contributed by atoms with E-state index < -0.39 is 11.9 Å². The molecule has 0 saturated heterocycles. The van der Waals surface area contributed by atoms with E-state index in [-0.39, 0.29) is 11.0 Å². The second-order valence-corrected chi connectivity index (χ2v) is 9.49. The Bertz CT molecular complexity index is 975. The van der Waals surface area contributed by atoms with Crippen LogP contribution in [0.2, 0.25) is 0 Å². The van der Waals surface area contributed by atoms with Crippen molar-refractivity contribution >= 4 is 11.9 Å². The number of hydrogen-bond donors (Lipinski definition) is 0. The van der Waals surface area contributed by atoms with Gasteiger partial charge in [0.05, 0.1) is 19.8 Å². The van der Waals surface area contributed by atoms with Gasteiger partial charge in [0.15, 0.2) is 0 Å². The third kappa shape index (κ3) is 3.50. The number of esters is 2. The number of carbonyl (C=O) groups is 2. The molecule has 2 aromatic rings. The summed E-state index contributed by atoms with van der Waals surface area (Å²) < 4.78 is 16.5. The molecule has 0 aromatic heterocycles. The standard InChI is InChI=1S/C26H28O5/c1-29-22-12-23(30-2)21(26-13-16-8-17(14-26)10-18(9-16)15-26)11-20(22)25(28)31-24(27)19-6-4-3-5-7-19/h3-7,11-12,16-18H,8-10,13-15H2,1-2H3. The van der Waals surface area contributed by atoms with Gasteiger partial charge in [-0.3, -0.25) is 0 Å². The predicted octanol–water partition coefficient (Wildman–Crippen LogP) is 5.17. The number of ether oxygens (including phenoxy) is 3. The van der Waals surface area contributed by atoms with E-state index in [0.29, 0.717) is 11.3 Å². The molecule has 4 bridgehead atoms. The second-order valence-electron chi connectivity index (χ2n) is 9.49. The lowest BCUT2D eigenvalue weighted by atomic mass is 9.48. The first-order valence-electron chi connectivity index (χ1n) is 11.1. The SMILES string of the molecule is COc1cc(OC)c(C23CC4CC(CC(C4)C2)C3)cc1C(=O)OC(=O)c1ccccc1. The fraction of sp³-hybridized carbons (Fsp3) is 0.462. The zero-order valence-electron chi connectivity index (χ0n) is 18.1. The van der Waals surface area contributed by atoms with Gasteiger partial charge in [0.1, 0.15) is 17.1 Å². The summed E-state index contributed by atoms with van der Waals surface area (Å²) in [4.78, 5) is 25.5. The van der Waals surface area contributed by atoms with Gasteiger partial charge in [-0.05, 0) is 79.9 Å². The van der Waals surface area contributed by atoms with Crippen LogP contribution in [-0.2, 0) is 10.2 Å². The fourth-order valence-corrected chi connectivity index (χ4v) is 6.69. The third-order valence-electron chi connectivity index (χ3n) is 7.55. The maximum atomic E-state index is 13.0. The monoisotopic (exact) mass is 420 g/mol. The quantitative estimate of drug-likeness (QED) is 0.493. The van der Waals surface area contributed by atoms with Crippen molar-refractivity contribution < 1.29 is 23.8 Å². The highest BCUT2D eigenvalue weighted by atomic mass is 16.6. The highest BCUT2D eigenvalue weighted by Crippen LogP contribution is 2.62. The summed E-state index contributed by atoms with van der Waals surface area (Å²) in [5.74, 6) is 2.02. The van der Waals surface area contributed by atoms with Crippen LogP contribution in [0.3, 0.4) is 0 Å². The number of carbonyl (C=O) groups excluding carboxylic acids is 2. The van der Waals surface area contributed by atoms with E-state index in [1.165, 1.54) is 26.4 Å². The zero-order valence-corrected chi connectivity index (χ0v) is 18.1. The van der Waals surface area contributed by atoms with Gasteiger partial charge in [-0.1, -0.05) is 18.2 Å². The van der Waals surface area contributed by atoms with Crippen molar-refractivity contribution in [2.75, 3.05) is 14.2 Å². The molecule has 0 unspecified atom stereocenters. The Morgan fingerprint density at radius 3 is 1.94 bits per heavy atom. The molecule has 0 N–H and O–H groups in total. The number of methoxy groups -OCH3 is 2. The smallest absolute Gasteiger partial charge is 0.349 e. The first kappa shape index (κ1) is 20.1. The van der Waals surface area contributed by atoms with Crippen molar-refractivity contribution in [1.29, 1.82) is 0 Å². The molecule has 0 heterocycles. The number of rotatable bonds is 5. The second kappa shape index (κ2) is 7.70. The minimum Gasteiger partial charge on any atom is -0.496 e. The van der Waals surface area contributed by atoms with Gasteiger partial charge in [0.2, 0.25) is 0 Å². The summed E-state index contributed by atoms with van der Waals surface area (Å²) in [6, 6.07) is 12.2. The molecule has 31 heavy (non-hydrogen) atoms. The Labute approximate surface area is 182 Å². The number of benzene rings is 2. The van der Waals surface area contributed by atoms with Gasteiger partial charge in [0, 0.05) is 11.6 Å². The Hall–Kier alpha value is -2.82. The van der Waals surface area contributed by atoms with Crippen LogP contribution in [0.4, 0.5) is 0 Å². The van der Waals surface area contributed by atoms with Crippen LogP contribution >= 0.6 is 0 Å². The molecule has 5 heteroatoms.